The lowest BCUT2D eigenvalue weighted by Gasteiger charge is -2.07. The Morgan fingerprint density at radius 2 is 2.29 bits per heavy atom. The van der Waals surface area contributed by atoms with E-state index in [2.05, 4.69) is 27.1 Å². The Morgan fingerprint density at radius 3 is 2.86 bits per heavy atom. The molecular weight excluding hydrogens is 330 g/mol. The topological polar surface area (TPSA) is 53.1 Å². The Hall–Kier alpha value is -1.75. The van der Waals surface area contributed by atoms with Crippen molar-refractivity contribution in [1.29, 1.82) is 0 Å². The van der Waals surface area contributed by atoms with E-state index in [1.54, 1.807) is 7.11 Å². The summed E-state index contributed by atoms with van der Waals surface area (Å²) < 4.78 is 8.23. The van der Waals surface area contributed by atoms with Gasteiger partial charge in [-0.1, -0.05) is 6.08 Å². The molecule has 0 unspecified atom stereocenters. The van der Waals surface area contributed by atoms with Gasteiger partial charge in [-0.3, -0.25) is 0 Å². The zero-order chi connectivity index (χ0) is 15.0. The standard InChI is InChI=1S/C16H18BrN3O/c1-3-8-20-15(18)14(19-16(20)10-4-5-10)11-6-7-13(21-2)12(17)9-11/h3,6-7,9-10H,1,4-5,8,18H2,2H3. The summed E-state index contributed by atoms with van der Waals surface area (Å²) in [5.41, 5.74) is 8.14. The Kier molecular flexibility index (Phi) is 3.76. The number of hydrogen-bond donors (Lipinski definition) is 1. The molecule has 0 amide bonds. The Morgan fingerprint density at radius 1 is 1.52 bits per heavy atom. The molecule has 2 N–H and O–H groups in total. The van der Waals surface area contributed by atoms with E-state index < -0.39 is 0 Å². The molecule has 5 heteroatoms. The maximum Gasteiger partial charge on any atom is 0.133 e. The molecule has 0 saturated heterocycles. The van der Waals surface area contributed by atoms with Gasteiger partial charge in [0.2, 0.25) is 0 Å². The Balaban J connectivity index is 2.07. The molecule has 0 bridgehead atoms. The second kappa shape index (κ2) is 5.56. The predicted molar refractivity (Wildman–Crippen MR) is 88.5 cm³/mol. The molecule has 1 aromatic heterocycles. The van der Waals surface area contributed by atoms with Gasteiger partial charge in [0, 0.05) is 18.0 Å². The minimum Gasteiger partial charge on any atom is -0.496 e. The van der Waals surface area contributed by atoms with Crippen LogP contribution < -0.4 is 10.5 Å². The van der Waals surface area contributed by atoms with Crippen molar-refractivity contribution < 1.29 is 4.74 Å². The third kappa shape index (κ3) is 2.58. The van der Waals surface area contributed by atoms with Crippen LogP contribution in [0.1, 0.15) is 24.6 Å². The minimum atomic E-state index is 0.544. The number of halogens is 1. The van der Waals surface area contributed by atoms with Crippen LogP contribution in [0, 0.1) is 0 Å². The molecule has 0 spiro atoms. The third-order valence-electron chi connectivity index (χ3n) is 3.72. The number of rotatable bonds is 5. The Labute approximate surface area is 132 Å². The van der Waals surface area contributed by atoms with Crippen molar-refractivity contribution in [2.45, 2.75) is 25.3 Å². The van der Waals surface area contributed by atoms with E-state index in [-0.39, 0.29) is 0 Å². The fourth-order valence-electron chi connectivity index (χ4n) is 2.48. The number of benzene rings is 1. The van der Waals surface area contributed by atoms with Crippen molar-refractivity contribution in [3.05, 3.63) is 41.2 Å². The van der Waals surface area contributed by atoms with E-state index in [1.807, 2.05) is 24.3 Å². The number of aromatic nitrogens is 2. The van der Waals surface area contributed by atoms with Crippen molar-refractivity contribution in [2.75, 3.05) is 12.8 Å². The lowest BCUT2D eigenvalue weighted by atomic mass is 10.1. The van der Waals surface area contributed by atoms with Crippen molar-refractivity contribution in [3.8, 4) is 17.0 Å². The van der Waals surface area contributed by atoms with Crippen LogP contribution in [0.5, 0.6) is 5.75 Å². The summed E-state index contributed by atoms with van der Waals surface area (Å²) in [4.78, 5) is 4.79. The first-order chi connectivity index (χ1) is 10.2. The highest BCUT2D eigenvalue weighted by Crippen LogP contribution is 2.42. The van der Waals surface area contributed by atoms with Crippen LogP contribution in [0.25, 0.3) is 11.3 Å². The second-order valence-electron chi connectivity index (χ2n) is 5.23. The number of ether oxygens (including phenoxy) is 1. The summed E-state index contributed by atoms with van der Waals surface area (Å²) in [6.07, 6.45) is 4.25. The average molecular weight is 348 g/mol. The van der Waals surface area contributed by atoms with Gasteiger partial charge in [-0.2, -0.15) is 0 Å². The molecule has 1 aromatic carbocycles. The molecule has 1 aliphatic rings. The van der Waals surface area contributed by atoms with Crippen LogP contribution in [-0.4, -0.2) is 16.7 Å². The van der Waals surface area contributed by atoms with Gasteiger partial charge < -0.3 is 15.0 Å². The van der Waals surface area contributed by atoms with Gasteiger partial charge in [0.1, 0.15) is 23.1 Å². The van der Waals surface area contributed by atoms with Crippen molar-refractivity contribution >= 4 is 21.7 Å². The summed E-state index contributed by atoms with van der Waals surface area (Å²) in [6, 6.07) is 5.89. The van der Waals surface area contributed by atoms with Gasteiger partial charge in [0.25, 0.3) is 0 Å². The molecule has 0 radical (unpaired) electrons. The monoisotopic (exact) mass is 347 g/mol. The van der Waals surface area contributed by atoms with Gasteiger partial charge >= 0.3 is 0 Å². The molecular formula is C16H18BrN3O. The highest BCUT2D eigenvalue weighted by atomic mass is 79.9. The molecule has 2 aromatic rings. The van der Waals surface area contributed by atoms with Gasteiger partial charge in [0.05, 0.1) is 11.6 Å². The summed E-state index contributed by atoms with van der Waals surface area (Å²) in [6.45, 7) is 4.50. The van der Waals surface area contributed by atoms with E-state index in [0.29, 0.717) is 18.3 Å². The number of nitrogen functional groups attached to an aromatic ring is 1. The number of methoxy groups -OCH3 is 1. The first-order valence-corrected chi connectivity index (χ1v) is 7.75. The maximum atomic E-state index is 6.31. The maximum absolute atomic E-state index is 6.31. The number of hydrogen-bond acceptors (Lipinski definition) is 3. The van der Waals surface area contributed by atoms with Crippen LogP contribution in [0.2, 0.25) is 0 Å². The van der Waals surface area contributed by atoms with Gasteiger partial charge in [-0.15, -0.1) is 6.58 Å². The normalized spacial score (nSPS) is 14.2. The quantitative estimate of drug-likeness (QED) is 0.832. The highest BCUT2D eigenvalue weighted by molar-refractivity contribution is 9.10. The largest absolute Gasteiger partial charge is 0.496 e. The van der Waals surface area contributed by atoms with Crippen LogP contribution >= 0.6 is 15.9 Å². The molecule has 110 valence electrons. The molecule has 1 fully saturated rings. The molecule has 0 atom stereocenters. The molecule has 21 heavy (non-hydrogen) atoms. The van der Waals surface area contributed by atoms with Gasteiger partial charge in [-0.25, -0.2) is 4.98 Å². The number of anilines is 1. The molecule has 0 aliphatic heterocycles. The zero-order valence-corrected chi connectivity index (χ0v) is 13.6. The summed E-state index contributed by atoms with van der Waals surface area (Å²) in [5, 5.41) is 0. The zero-order valence-electron chi connectivity index (χ0n) is 12.0. The van der Waals surface area contributed by atoms with Crippen molar-refractivity contribution in [1.82, 2.24) is 9.55 Å². The number of nitrogens with two attached hydrogens (primary N) is 1. The van der Waals surface area contributed by atoms with E-state index in [4.69, 9.17) is 15.5 Å². The van der Waals surface area contributed by atoms with E-state index in [0.717, 1.165) is 27.3 Å². The van der Waals surface area contributed by atoms with Crippen molar-refractivity contribution in [2.24, 2.45) is 0 Å². The number of imidazole rings is 1. The first kappa shape index (κ1) is 14.2. The fourth-order valence-corrected chi connectivity index (χ4v) is 3.02. The molecule has 1 saturated carbocycles. The van der Waals surface area contributed by atoms with Gasteiger partial charge in [0.15, 0.2) is 0 Å². The highest BCUT2D eigenvalue weighted by Gasteiger charge is 2.30. The lowest BCUT2D eigenvalue weighted by molar-refractivity contribution is 0.412. The Bertz CT molecular complexity index is 689. The molecule has 3 rings (SSSR count). The third-order valence-corrected chi connectivity index (χ3v) is 4.34. The molecule has 4 nitrogen and oxygen atoms in total. The van der Waals surface area contributed by atoms with Crippen LogP contribution in [0.15, 0.2) is 35.3 Å². The van der Waals surface area contributed by atoms with E-state index in [1.165, 1.54) is 12.8 Å². The van der Waals surface area contributed by atoms with Gasteiger partial charge in [-0.05, 0) is 47.0 Å². The number of nitrogens with zero attached hydrogens (tertiary/aromatic N) is 2. The summed E-state index contributed by atoms with van der Waals surface area (Å²) in [5.74, 6) is 3.12. The molecule has 1 heterocycles. The van der Waals surface area contributed by atoms with Crippen LogP contribution in [-0.2, 0) is 6.54 Å². The van der Waals surface area contributed by atoms with E-state index in [9.17, 15) is 0 Å². The van der Waals surface area contributed by atoms with Crippen LogP contribution in [0.3, 0.4) is 0 Å². The summed E-state index contributed by atoms with van der Waals surface area (Å²) >= 11 is 3.51. The minimum absolute atomic E-state index is 0.544. The molecule has 1 aliphatic carbocycles. The summed E-state index contributed by atoms with van der Waals surface area (Å²) in [7, 11) is 1.65. The van der Waals surface area contributed by atoms with Crippen LogP contribution in [0.4, 0.5) is 5.82 Å². The predicted octanol–water partition coefficient (Wildman–Crippen LogP) is 3.97. The lowest BCUT2D eigenvalue weighted by Crippen LogP contribution is -2.05. The smallest absolute Gasteiger partial charge is 0.133 e. The first-order valence-electron chi connectivity index (χ1n) is 6.96. The van der Waals surface area contributed by atoms with E-state index >= 15 is 0 Å². The fraction of sp³-hybridized carbons (Fsp3) is 0.312. The second-order valence-corrected chi connectivity index (χ2v) is 6.08. The SMILES string of the molecule is C=CCn1c(C2CC2)nc(-c2ccc(OC)c(Br)c2)c1N. The average Bonchev–Trinajstić information content (AvgIpc) is 3.26. The van der Waals surface area contributed by atoms with Crippen molar-refractivity contribution in [3.63, 3.8) is 0 Å². The number of allylic oxidation sites excluding steroid dienone is 1.